The summed E-state index contributed by atoms with van der Waals surface area (Å²) in [6.45, 7) is 4.75. The van der Waals surface area contributed by atoms with Crippen LogP contribution in [0.2, 0.25) is 0 Å². The molecule has 1 aliphatic heterocycles. The van der Waals surface area contributed by atoms with E-state index in [-0.39, 0.29) is 11.9 Å². The van der Waals surface area contributed by atoms with Crippen molar-refractivity contribution in [2.45, 2.75) is 13.0 Å². The number of rotatable bonds is 4. The number of nitrogens with two attached hydrogens (primary N) is 1. The second-order valence-electron chi connectivity index (χ2n) is 4.77. The predicted molar refractivity (Wildman–Crippen MR) is 77.9 cm³/mol. The fourth-order valence-corrected chi connectivity index (χ4v) is 2.19. The van der Waals surface area contributed by atoms with Crippen LogP contribution in [0.3, 0.4) is 0 Å². The molecule has 6 nitrogen and oxygen atoms in total. The van der Waals surface area contributed by atoms with Crippen LogP contribution < -0.4 is 15.8 Å². The Balaban J connectivity index is 2.05. The molecule has 6 heteroatoms. The Bertz CT molecular complexity index is 473. The summed E-state index contributed by atoms with van der Waals surface area (Å²) in [6.07, 6.45) is 0. The first-order chi connectivity index (χ1) is 9.61. The van der Waals surface area contributed by atoms with E-state index in [4.69, 9.17) is 15.2 Å². The highest BCUT2D eigenvalue weighted by Gasteiger charge is 2.23. The van der Waals surface area contributed by atoms with E-state index < -0.39 is 0 Å². The largest absolute Gasteiger partial charge is 0.495 e. The molecule has 0 saturated carbocycles. The maximum atomic E-state index is 12.3. The van der Waals surface area contributed by atoms with E-state index in [2.05, 4.69) is 10.2 Å². The van der Waals surface area contributed by atoms with Crippen LogP contribution in [0.25, 0.3) is 0 Å². The van der Waals surface area contributed by atoms with Gasteiger partial charge in [-0.2, -0.15) is 0 Å². The zero-order valence-electron chi connectivity index (χ0n) is 11.9. The Morgan fingerprint density at radius 1 is 1.45 bits per heavy atom. The second-order valence-corrected chi connectivity index (χ2v) is 4.77. The summed E-state index contributed by atoms with van der Waals surface area (Å²) in [5.41, 5.74) is 6.92. The van der Waals surface area contributed by atoms with E-state index in [0.29, 0.717) is 30.3 Å². The molecule has 1 unspecified atom stereocenters. The standard InChI is InChI=1S/C14H21N3O3/c1-10(17-5-7-20-8-6-17)14(18)16-12-9-11(15)3-4-13(12)19-2/h3-4,9-10H,5-8,15H2,1-2H3,(H,16,18). The van der Waals surface area contributed by atoms with Crippen LogP contribution in [0.5, 0.6) is 5.75 Å². The molecule has 20 heavy (non-hydrogen) atoms. The van der Waals surface area contributed by atoms with Gasteiger partial charge in [0.1, 0.15) is 5.75 Å². The molecular weight excluding hydrogens is 258 g/mol. The minimum absolute atomic E-state index is 0.0733. The predicted octanol–water partition coefficient (Wildman–Crippen LogP) is 0.937. The van der Waals surface area contributed by atoms with Gasteiger partial charge in [-0.1, -0.05) is 0 Å². The molecule has 1 heterocycles. The highest BCUT2D eigenvalue weighted by molar-refractivity contribution is 5.96. The molecule has 1 aliphatic rings. The second kappa shape index (κ2) is 6.58. The lowest BCUT2D eigenvalue weighted by molar-refractivity contribution is -0.122. The highest BCUT2D eigenvalue weighted by atomic mass is 16.5. The average Bonchev–Trinajstić information content (AvgIpc) is 2.47. The van der Waals surface area contributed by atoms with Crippen molar-refractivity contribution in [2.75, 3.05) is 44.5 Å². The SMILES string of the molecule is COc1ccc(N)cc1NC(=O)C(C)N1CCOCC1. The van der Waals surface area contributed by atoms with Crippen molar-refractivity contribution in [1.82, 2.24) is 4.90 Å². The van der Waals surface area contributed by atoms with E-state index in [1.807, 2.05) is 6.92 Å². The number of nitrogen functional groups attached to an aromatic ring is 1. The summed E-state index contributed by atoms with van der Waals surface area (Å²) < 4.78 is 10.5. The molecule has 1 aromatic rings. The number of carbonyl (C=O) groups is 1. The van der Waals surface area contributed by atoms with E-state index in [1.165, 1.54) is 0 Å². The lowest BCUT2D eigenvalue weighted by atomic mass is 10.2. The van der Waals surface area contributed by atoms with Crippen molar-refractivity contribution in [3.63, 3.8) is 0 Å². The van der Waals surface area contributed by atoms with Gasteiger partial charge in [0.15, 0.2) is 0 Å². The molecule has 1 aromatic carbocycles. The number of morpholine rings is 1. The number of carbonyl (C=O) groups excluding carboxylic acids is 1. The lowest BCUT2D eigenvalue weighted by Crippen LogP contribution is -2.47. The maximum absolute atomic E-state index is 12.3. The highest BCUT2D eigenvalue weighted by Crippen LogP contribution is 2.26. The lowest BCUT2D eigenvalue weighted by Gasteiger charge is -2.31. The van der Waals surface area contributed by atoms with Crippen molar-refractivity contribution < 1.29 is 14.3 Å². The van der Waals surface area contributed by atoms with Crippen molar-refractivity contribution in [2.24, 2.45) is 0 Å². The van der Waals surface area contributed by atoms with E-state index in [1.54, 1.807) is 25.3 Å². The maximum Gasteiger partial charge on any atom is 0.241 e. The number of benzene rings is 1. The number of hydrogen-bond donors (Lipinski definition) is 2. The van der Waals surface area contributed by atoms with Gasteiger partial charge in [-0.15, -0.1) is 0 Å². The van der Waals surface area contributed by atoms with E-state index in [9.17, 15) is 4.79 Å². The van der Waals surface area contributed by atoms with Gasteiger partial charge < -0.3 is 20.5 Å². The minimum atomic E-state index is -0.218. The number of nitrogens with zero attached hydrogens (tertiary/aromatic N) is 1. The fourth-order valence-electron chi connectivity index (χ4n) is 2.19. The van der Waals surface area contributed by atoms with Crippen LogP contribution in [0.4, 0.5) is 11.4 Å². The number of methoxy groups -OCH3 is 1. The molecule has 1 atom stereocenters. The zero-order valence-corrected chi connectivity index (χ0v) is 11.9. The molecule has 0 aromatic heterocycles. The summed E-state index contributed by atoms with van der Waals surface area (Å²) in [7, 11) is 1.56. The Morgan fingerprint density at radius 3 is 2.80 bits per heavy atom. The van der Waals surface area contributed by atoms with Crippen LogP contribution in [-0.4, -0.2) is 50.3 Å². The van der Waals surface area contributed by atoms with Gasteiger partial charge in [0.05, 0.1) is 32.1 Å². The van der Waals surface area contributed by atoms with E-state index >= 15 is 0 Å². The molecule has 1 fully saturated rings. The van der Waals surface area contributed by atoms with Gasteiger partial charge >= 0.3 is 0 Å². The van der Waals surface area contributed by atoms with Crippen LogP contribution in [-0.2, 0) is 9.53 Å². The minimum Gasteiger partial charge on any atom is -0.495 e. The first-order valence-electron chi connectivity index (χ1n) is 6.68. The van der Waals surface area contributed by atoms with Gasteiger partial charge in [0, 0.05) is 18.8 Å². The topological polar surface area (TPSA) is 76.8 Å². The molecular formula is C14H21N3O3. The quantitative estimate of drug-likeness (QED) is 0.802. The first-order valence-corrected chi connectivity index (χ1v) is 6.68. The molecule has 0 radical (unpaired) electrons. The Morgan fingerprint density at radius 2 is 2.15 bits per heavy atom. The van der Waals surface area contributed by atoms with Crippen molar-refractivity contribution in [1.29, 1.82) is 0 Å². The summed E-state index contributed by atoms with van der Waals surface area (Å²) in [6, 6.07) is 4.96. The first kappa shape index (κ1) is 14.6. The Hall–Kier alpha value is -1.79. The molecule has 3 N–H and O–H groups in total. The van der Waals surface area contributed by atoms with Gasteiger partial charge in [-0.3, -0.25) is 9.69 Å². The number of ether oxygens (including phenoxy) is 2. The average molecular weight is 279 g/mol. The Kier molecular flexibility index (Phi) is 4.81. The molecule has 0 aliphatic carbocycles. The van der Waals surface area contributed by atoms with Gasteiger partial charge in [0.25, 0.3) is 0 Å². The van der Waals surface area contributed by atoms with Gasteiger partial charge in [-0.05, 0) is 25.1 Å². The number of hydrogen-bond acceptors (Lipinski definition) is 5. The molecule has 1 saturated heterocycles. The summed E-state index contributed by atoms with van der Waals surface area (Å²) in [5, 5.41) is 2.87. The number of nitrogens with one attached hydrogen (secondary N) is 1. The normalized spacial score (nSPS) is 17.5. The van der Waals surface area contributed by atoms with Gasteiger partial charge in [0.2, 0.25) is 5.91 Å². The monoisotopic (exact) mass is 279 g/mol. The smallest absolute Gasteiger partial charge is 0.241 e. The molecule has 0 spiro atoms. The molecule has 0 bridgehead atoms. The molecule has 110 valence electrons. The van der Waals surface area contributed by atoms with E-state index in [0.717, 1.165) is 13.1 Å². The third kappa shape index (κ3) is 3.40. The zero-order chi connectivity index (χ0) is 14.5. The third-order valence-corrected chi connectivity index (χ3v) is 3.45. The van der Waals surface area contributed by atoms with Crippen LogP contribution in [0, 0.1) is 0 Å². The number of amides is 1. The molecule has 1 amide bonds. The summed E-state index contributed by atoms with van der Waals surface area (Å²) in [4.78, 5) is 14.4. The summed E-state index contributed by atoms with van der Waals surface area (Å²) in [5.74, 6) is 0.525. The number of anilines is 2. The van der Waals surface area contributed by atoms with Crippen molar-refractivity contribution in [3.8, 4) is 5.75 Å². The Labute approximate surface area is 118 Å². The van der Waals surface area contributed by atoms with Crippen LogP contribution >= 0.6 is 0 Å². The van der Waals surface area contributed by atoms with Crippen LogP contribution in [0.15, 0.2) is 18.2 Å². The molecule has 2 rings (SSSR count). The third-order valence-electron chi connectivity index (χ3n) is 3.45. The van der Waals surface area contributed by atoms with Crippen LogP contribution in [0.1, 0.15) is 6.92 Å². The summed E-state index contributed by atoms with van der Waals surface area (Å²) >= 11 is 0. The van der Waals surface area contributed by atoms with Gasteiger partial charge in [-0.25, -0.2) is 0 Å². The van der Waals surface area contributed by atoms with Crippen molar-refractivity contribution in [3.05, 3.63) is 18.2 Å². The van der Waals surface area contributed by atoms with Crippen molar-refractivity contribution >= 4 is 17.3 Å². The fraction of sp³-hybridized carbons (Fsp3) is 0.500.